The molecule has 1 fully saturated rings. The molecule has 0 radical (unpaired) electrons. The number of amides is 2. The molecule has 178 valence electrons. The van der Waals surface area contributed by atoms with E-state index in [9.17, 15) is 14.7 Å². The fraction of sp³-hybridized carbons (Fsp3) is 0.357. The molecule has 6 nitrogen and oxygen atoms in total. The zero-order valence-corrected chi connectivity index (χ0v) is 19.8. The van der Waals surface area contributed by atoms with Crippen molar-refractivity contribution in [2.75, 3.05) is 13.1 Å². The number of aliphatic hydroxyl groups excluding tert-OH is 1. The maximum absolute atomic E-state index is 13.2. The summed E-state index contributed by atoms with van der Waals surface area (Å²) in [6.45, 7) is 5.83. The Bertz CT molecular complexity index is 1130. The Labute approximate surface area is 201 Å². The molecule has 1 saturated heterocycles. The van der Waals surface area contributed by atoms with Gasteiger partial charge in [-0.05, 0) is 40.8 Å². The molecular formula is C28H33N3O3. The minimum Gasteiger partial charge on any atom is -0.390 e. The van der Waals surface area contributed by atoms with Crippen molar-refractivity contribution in [3.8, 4) is 0 Å². The van der Waals surface area contributed by atoms with E-state index in [1.807, 2.05) is 68.4 Å². The van der Waals surface area contributed by atoms with Crippen molar-refractivity contribution < 1.29 is 14.7 Å². The minimum atomic E-state index is -0.672. The van der Waals surface area contributed by atoms with Crippen LogP contribution in [-0.2, 0) is 11.3 Å². The maximum atomic E-state index is 13.2. The van der Waals surface area contributed by atoms with Gasteiger partial charge in [-0.3, -0.25) is 14.5 Å². The topological polar surface area (TPSA) is 81.7 Å². The molecule has 2 amide bonds. The van der Waals surface area contributed by atoms with Crippen LogP contribution in [0.5, 0.6) is 0 Å². The number of nitrogens with one attached hydrogen (secondary N) is 2. The molecule has 3 aromatic rings. The number of nitrogens with zero attached hydrogens (tertiary/aromatic N) is 1. The predicted octanol–water partition coefficient (Wildman–Crippen LogP) is 3.35. The first-order valence-electron chi connectivity index (χ1n) is 11.9. The number of fused-ring (bicyclic) bond motifs is 1. The quantitative estimate of drug-likeness (QED) is 0.483. The molecule has 0 bridgehead atoms. The standard InChI is InChI=1S/C28H33N3O3/c1-19(2)14-24(29-27(33)23-13-12-21-10-6-7-11-22(21)15-23)28(34)30-25-17-31(18-26(25)32)16-20-8-4-3-5-9-20/h3-13,15,19,24-26,32H,14,16-18H2,1-2H3,(H,29,33)(H,30,34)/t24-,25?,26?/m0/s1. The Kier molecular flexibility index (Phi) is 7.60. The first kappa shape index (κ1) is 23.9. The van der Waals surface area contributed by atoms with E-state index in [2.05, 4.69) is 27.7 Å². The van der Waals surface area contributed by atoms with Gasteiger partial charge in [0.1, 0.15) is 6.04 Å². The van der Waals surface area contributed by atoms with Crippen LogP contribution in [0.2, 0.25) is 0 Å². The van der Waals surface area contributed by atoms with E-state index >= 15 is 0 Å². The number of aliphatic hydroxyl groups is 1. The summed E-state index contributed by atoms with van der Waals surface area (Å²) in [5.41, 5.74) is 1.69. The Balaban J connectivity index is 1.40. The Hall–Kier alpha value is -3.22. The molecule has 34 heavy (non-hydrogen) atoms. The fourth-order valence-electron chi connectivity index (χ4n) is 4.54. The van der Waals surface area contributed by atoms with Gasteiger partial charge in [0.2, 0.25) is 5.91 Å². The van der Waals surface area contributed by atoms with Crippen LogP contribution in [0.4, 0.5) is 0 Å². The van der Waals surface area contributed by atoms with Crippen LogP contribution >= 0.6 is 0 Å². The number of hydrogen-bond acceptors (Lipinski definition) is 4. The summed E-state index contributed by atoms with van der Waals surface area (Å²) >= 11 is 0. The second-order valence-corrected chi connectivity index (χ2v) is 9.58. The maximum Gasteiger partial charge on any atom is 0.251 e. The summed E-state index contributed by atoms with van der Waals surface area (Å²) < 4.78 is 0. The molecule has 6 heteroatoms. The number of carbonyl (C=O) groups is 2. The summed E-state index contributed by atoms with van der Waals surface area (Å²) in [6.07, 6.45) is -0.134. The third kappa shape index (κ3) is 6.01. The highest BCUT2D eigenvalue weighted by Gasteiger charge is 2.34. The highest BCUT2D eigenvalue weighted by molar-refractivity contribution is 6.00. The average Bonchev–Trinajstić information content (AvgIpc) is 3.16. The summed E-state index contributed by atoms with van der Waals surface area (Å²) in [7, 11) is 0. The van der Waals surface area contributed by atoms with Crippen molar-refractivity contribution in [2.45, 2.75) is 45.0 Å². The lowest BCUT2D eigenvalue weighted by atomic mass is 10.0. The lowest BCUT2D eigenvalue weighted by molar-refractivity contribution is -0.124. The van der Waals surface area contributed by atoms with E-state index in [1.165, 1.54) is 5.56 Å². The van der Waals surface area contributed by atoms with Gasteiger partial charge >= 0.3 is 0 Å². The van der Waals surface area contributed by atoms with Gasteiger partial charge in [-0.15, -0.1) is 0 Å². The summed E-state index contributed by atoms with van der Waals surface area (Å²) in [4.78, 5) is 28.3. The zero-order valence-electron chi connectivity index (χ0n) is 19.8. The van der Waals surface area contributed by atoms with Crippen molar-refractivity contribution in [1.29, 1.82) is 0 Å². The molecule has 0 aromatic heterocycles. The SMILES string of the molecule is CC(C)C[C@H](NC(=O)c1ccc2ccccc2c1)C(=O)NC1CN(Cc2ccccc2)CC1O. The van der Waals surface area contributed by atoms with Gasteiger partial charge in [0.05, 0.1) is 12.1 Å². The van der Waals surface area contributed by atoms with Crippen molar-refractivity contribution in [3.63, 3.8) is 0 Å². The minimum absolute atomic E-state index is 0.218. The molecule has 0 spiro atoms. The zero-order chi connectivity index (χ0) is 24.1. The highest BCUT2D eigenvalue weighted by atomic mass is 16.3. The molecule has 1 aliphatic rings. The Morgan fingerprint density at radius 2 is 1.68 bits per heavy atom. The van der Waals surface area contributed by atoms with Gasteiger partial charge in [0.25, 0.3) is 5.91 Å². The lowest BCUT2D eigenvalue weighted by Gasteiger charge is -2.24. The highest BCUT2D eigenvalue weighted by Crippen LogP contribution is 2.17. The van der Waals surface area contributed by atoms with Gasteiger partial charge in [-0.2, -0.15) is 0 Å². The molecule has 2 unspecified atom stereocenters. The second kappa shape index (κ2) is 10.8. The number of benzene rings is 3. The number of carbonyl (C=O) groups excluding carboxylic acids is 2. The van der Waals surface area contributed by atoms with Crippen LogP contribution in [0.25, 0.3) is 10.8 Å². The van der Waals surface area contributed by atoms with Crippen LogP contribution in [0.1, 0.15) is 36.2 Å². The summed E-state index contributed by atoms with van der Waals surface area (Å²) in [5, 5.41) is 18.5. The van der Waals surface area contributed by atoms with E-state index in [4.69, 9.17) is 0 Å². The van der Waals surface area contributed by atoms with Crippen LogP contribution in [0, 0.1) is 5.92 Å². The third-order valence-corrected chi connectivity index (χ3v) is 6.28. The number of rotatable bonds is 8. The summed E-state index contributed by atoms with van der Waals surface area (Å²) in [6, 6.07) is 22.4. The van der Waals surface area contributed by atoms with Crippen LogP contribution < -0.4 is 10.6 Å². The van der Waals surface area contributed by atoms with Gasteiger partial charge in [-0.25, -0.2) is 0 Å². The van der Waals surface area contributed by atoms with Gasteiger partial charge in [0.15, 0.2) is 0 Å². The molecule has 3 N–H and O–H groups in total. The second-order valence-electron chi connectivity index (χ2n) is 9.58. The molecule has 0 aliphatic carbocycles. The molecule has 1 heterocycles. The number of likely N-dealkylation sites (tertiary alicyclic amines) is 1. The Morgan fingerprint density at radius 3 is 2.41 bits per heavy atom. The number of β-amino-alcohol motifs (C(OH)–C–C–N with tert-alkyl or cyclic N) is 1. The first-order chi connectivity index (χ1) is 16.4. The van der Waals surface area contributed by atoms with E-state index in [-0.39, 0.29) is 23.8 Å². The van der Waals surface area contributed by atoms with Crippen LogP contribution in [0.15, 0.2) is 72.8 Å². The Morgan fingerprint density at radius 1 is 0.971 bits per heavy atom. The van der Waals surface area contributed by atoms with Gasteiger partial charge in [0, 0.05) is 25.2 Å². The van der Waals surface area contributed by atoms with Crippen molar-refractivity contribution in [3.05, 3.63) is 83.9 Å². The van der Waals surface area contributed by atoms with Gasteiger partial charge < -0.3 is 15.7 Å². The molecule has 3 atom stereocenters. The van der Waals surface area contributed by atoms with Crippen molar-refractivity contribution >= 4 is 22.6 Å². The first-order valence-corrected chi connectivity index (χ1v) is 11.9. The number of hydrogen-bond donors (Lipinski definition) is 3. The molecular weight excluding hydrogens is 426 g/mol. The predicted molar refractivity (Wildman–Crippen MR) is 134 cm³/mol. The smallest absolute Gasteiger partial charge is 0.251 e. The average molecular weight is 460 g/mol. The normalized spacial score (nSPS) is 19.3. The van der Waals surface area contributed by atoms with Gasteiger partial charge in [-0.1, -0.05) is 74.5 Å². The lowest BCUT2D eigenvalue weighted by Crippen LogP contribution is -2.52. The monoisotopic (exact) mass is 459 g/mol. The van der Waals surface area contributed by atoms with Crippen molar-refractivity contribution in [1.82, 2.24) is 15.5 Å². The van der Waals surface area contributed by atoms with E-state index in [0.717, 1.165) is 17.3 Å². The van der Waals surface area contributed by atoms with Crippen LogP contribution in [-0.4, -0.2) is 53.1 Å². The van der Waals surface area contributed by atoms with Crippen molar-refractivity contribution in [2.24, 2.45) is 5.92 Å². The fourth-order valence-corrected chi connectivity index (χ4v) is 4.54. The van der Waals surface area contributed by atoms with E-state index in [1.54, 1.807) is 6.07 Å². The van der Waals surface area contributed by atoms with E-state index in [0.29, 0.717) is 25.1 Å². The molecule has 4 rings (SSSR count). The van der Waals surface area contributed by atoms with Crippen LogP contribution in [0.3, 0.4) is 0 Å². The molecule has 0 saturated carbocycles. The molecule has 1 aliphatic heterocycles. The summed E-state index contributed by atoms with van der Waals surface area (Å²) in [5.74, 6) is -0.312. The largest absolute Gasteiger partial charge is 0.390 e. The molecule has 3 aromatic carbocycles. The third-order valence-electron chi connectivity index (χ3n) is 6.28. The van der Waals surface area contributed by atoms with E-state index < -0.39 is 12.1 Å².